The van der Waals surface area contributed by atoms with Crippen LogP contribution >= 0.6 is 0 Å². The molecule has 1 saturated carbocycles. The summed E-state index contributed by atoms with van der Waals surface area (Å²) in [4.78, 5) is 24.4. The molecule has 1 fully saturated rings. The van der Waals surface area contributed by atoms with Crippen molar-refractivity contribution in [2.75, 3.05) is 10.6 Å². The number of hydrogen-bond donors (Lipinski definition) is 3. The molecule has 1 aliphatic rings. The Hall–Kier alpha value is -3.80. The molecule has 0 aliphatic heterocycles. The van der Waals surface area contributed by atoms with Crippen molar-refractivity contribution in [3.63, 3.8) is 0 Å². The molecule has 0 saturated heterocycles. The highest BCUT2D eigenvalue weighted by atomic mass is 16.5. The highest BCUT2D eigenvalue weighted by Gasteiger charge is 2.23. The molecule has 3 aromatic rings. The first kappa shape index (κ1) is 20.5. The fraction of sp³-hybridized carbons (Fsp3) is 0.200. The minimum Gasteiger partial charge on any atom is -0.481 e. The first-order valence-corrected chi connectivity index (χ1v) is 10.4. The van der Waals surface area contributed by atoms with Crippen molar-refractivity contribution in [2.24, 2.45) is 0 Å². The first-order valence-electron chi connectivity index (χ1n) is 10.4. The molecule has 4 rings (SSSR count). The Balaban J connectivity index is 1.32. The summed E-state index contributed by atoms with van der Waals surface area (Å²) in [5.74, 6) is 0.348. The molecule has 0 unspecified atom stereocenters. The van der Waals surface area contributed by atoms with Gasteiger partial charge in [0, 0.05) is 17.4 Å². The van der Waals surface area contributed by atoms with Crippen molar-refractivity contribution in [3.8, 4) is 16.9 Å². The van der Waals surface area contributed by atoms with E-state index >= 15 is 0 Å². The largest absolute Gasteiger partial charge is 0.481 e. The second kappa shape index (κ2) is 9.34. The Morgan fingerprint density at radius 1 is 0.839 bits per heavy atom. The number of amides is 3. The molecule has 3 N–H and O–H groups in total. The summed E-state index contributed by atoms with van der Waals surface area (Å²) in [5.41, 5.74) is 3.41. The van der Waals surface area contributed by atoms with Gasteiger partial charge in [-0.3, -0.25) is 4.79 Å². The lowest BCUT2D eigenvalue weighted by atomic mass is 10.1. The van der Waals surface area contributed by atoms with Gasteiger partial charge in [-0.1, -0.05) is 48.5 Å². The van der Waals surface area contributed by atoms with Gasteiger partial charge in [0.15, 0.2) is 6.10 Å². The normalized spacial score (nSPS) is 13.7. The van der Waals surface area contributed by atoms with Crippen molar-refractivity contribution >= 4 is 23.3 Å². The molecular weight excluding hydrogens is 390 g/mol. The van der Waals surface area contributed by atoms with Crippen LogP contribution in [0.25, 0.3) is 11.1 Å². The van der Waals surface area contributed by atoms with Gasteiger partial charge in [0.1, 0.15) is 5.75 Å². The maximum Gasteiger partial charge on any atom is 0.319 e. The molecule has 0 heterocycles. The second-order valence-corrected chi connectivity index (χ2v) is 7.59. The van der Waals surface area contributed by atoms with E-state index in [-0.39, 0.29) is 18.0 Å². The zero-order valence-electron chi connectivity index (χ0n) is 17.3. The first-order chi connectivity index (χ1) is 15.1. The minimum absolute atomic E-state index is 0.235. The van der Waals surface area contributed by atoms with Gasteiger partial charge in [0.2, 0.25) is 0 Å². The van der Waals surface area contributed by atoms with Crippen LogP contribution in [0.4, 0.5) is 16.2 Å². The van der Waals surface area contributed by atoms with E-state index in [2.05, 4.69) is 16.0 Å². The Morgan fingerprint density at radius 2 is 1.48 bits per heavy atom. The van der Waals surface area contributed by atoms with Crippen LogP contribution in [0.3, 0.4) is 0 Å². The minimum atomic E-state index is -0.683. The van der Waals surface area contributed by atoms with Gasteiger partial charge < -0.3 is 20.7 Å². The molecule has 1 atom stereocenters. The number of hydrogen-bond acceptors (Lipinski definition) is 3. The third kappa shape index (κ3) is 5.85. The molecule has 6 nitrogen and oxygen atoms in total. The number of carbonyl (C=O) groups excluding carboxylic acids is 2. The fourth-order valence-electron chi connectivity index (χ4n) is 3.11. The third-order valence-electron chi connectivity index (χ3n) is 4.94. The van der Waals surface area contributed by atoms with Crippen LogP contribution in [-0.2, 0) is 4.79 Å². The van der Waals surface area contributed by atoms with Gasteiger partial charge in [0.25, 0.3) is 5.91 Å². The van der Waals surface area contributed by atoms with Gasteiger partial charge in [-0.25, -0.2) is 4.79 Å². The number of carbonyl (C=O) groups is 2. The van der Waals surface area contributed by atoms with E-state index < -0.39 is 6.10 Å². The van der Waals surface area contributed by atoms with Crippen LogP contribution in [0.15, 0.2) is 78.9 Å². The molecule has 3 aromatic carbocycles. The summed E-state index contributed by atoms with van der Waals surface area (Å²) < 4.78 is 5.79. The van der Waals surface area contributed by atoms with E-state index in [1.165, 1.54) is 0 Å². The monoisotopic (exact) mass is 415 g/mol. The summed E-state index contributed by atoms with van der Waals surface area (Å²) in [7, 11) is 0. The molecule has 0 radical (unpaired) electrons. The maximum atomic E-state index is 12.6. The summed E-state index contributed by atoms with van der Waals surface area (Å²) in [5, 5.41) is 8.48. The van der Waals surface area contributed by atoms with Gasteiger partial charge in [-0.15, -0.1) is 0 Å². The van der Waals surface area contributed by atoms with Crippen LogP contribution in [-0.4, -0.2) is 24.1 Å². The molecule has 0 spiro atoms. The quantitative estimate of drug-likeness (QED) is 0.506. The smallest absolute Gasteiger partial charge is 0.319 e. The SMILES string of the molecule is C[C@@H](Oc1ccc(-c2ccccc2)cc1)C(=O)Nc1cccc(NC(=O)NC2CC2)c1. The number of anilines is 2. The van der Waals surface area contributed by atoms with Crippen molar-refractivity contribution in [3.05, 3.63) is 78.9 Å². The van der Waals surface area contributed by atoms with E-state index in [0.717, 1.165) is 24.0 Å². The Kier molecular flexibility index (Phi) is 6.17. The summed E-state index contributed by atoms with van der Waals surface area (Å²) in [6.45, 7) is 1.70. The lowest BCUT2D eigenvalue weighted by molar-refractivity contribution is -0.122. The van der Waals surface area contributed by atoms with Gasteiger partial charge in [-0.2, -0.15) is 0 Å². The predicted octanol–water partition coefficient (Wildman–Crippen LogP) is 5.04. The van der Waals surface area contributed by atoms with E-state index in [1.54, 1.807) is 31.2 Å². The van der Waals surface area contributed by atoms with E-state index in [1.807, 2.05) is 54.6 Å². The van der Waals surface area contributed by atoms with Gasteiger partial charge >= 0.3 is 6.03 Å². The van der Waals surface area contributed by atoms with Crippen LogP contribution in [0, 0.1) is 0 Å². The topological polar surface area (TPSA) is 79.5 Å². The number of urea groups is 1. The molecular formula is C25H25N3O3. The molecule has 3 amide bonds. The standard InChI is InChI=1S/C25H25N3O3/c1-17(31-23-14-10-19(11-15-23)18-6-3-2-4-7-18)24(29)26-21-8-5-9-22(16-21)28-25(30)27-20-12-13-20/h2-11,14-17,20H,12-13H2,1H3,(H,26,29)(H2,27,28,30)/t17-/m1/s1. The van der Waals surface area contributed by atoms with Crippen LogP contribution in [0.5, 0.6) is 5.75 Å². The molecule has 158 valence electrons. The summed E-state index contributed by atoms with van der Waals surface area (Å²) in [6, 6.07) is 24.8. The molecule has 31 heavy (non-hydrogen) atoms. The summed E-state index contributed by atoms with van der Waals surface area (Å²) in [6.07, 6.45) is 1.37. The Labute approximate surface area is 181 Å². The lowest BCUT2D eigenvalue weighted by Crippen LogP contribution is -2.31. The van der Waals surface area contributed by atoms with E-state index in [0.29, 0.717) is 17.1 Å². The predicted molar refractivity (Wildman–Crippen MR) is 122 cm³/mol. The number of benzene rings is 3. The molecule has 6 heteroatoms. The average molecular weight is 415 g/mol. The number of ether oxygens (including phenoxy) is 1. The molecule has 0 aromatic heterocycles. The highest BCUT2D eigenvalue weighted by Crippen LogP contribution is 2.23. The average Bonchev–Trinajstić information content (AvgIpc) is 3.59. The molecule has 0 bridgehead atoms. The Morgan fingerprint density at radius 3 is 2.16 bits per heavy atom. The summed E-state index contributed by atoms with van der Waals surface area (Å²) >= 11 is 0. The van der Waals surface area contributed by atoms with E-state index in [9.17, 15) is 9.59 Å². The van der Waals surface area contributed by atoms with Crippen LogP contribution in [0.2, 0.25) is 0 Å². The fourth-order valence-corrected chi connectivity index (χ4v) is 3.11. The van der Waals surface area contributed by atoms with Crippen molar-refractivity contribution in [2.45, 2.75) is 31.9 Å². The third-order valence-corrected chi connectivity index (χ3v) is 4.94. The lowest BCUT2D eigenvalue weighted by Gasteiger charge is -2.16. The number of nitrogens with one attached hydrogen (secondary N) is 3. The van der Waals surface area contributed by atoms with E-state index in [4.69, 9.17) is 4.74 Å². The molecule has 1 aliphatic carbocycles. The van der Waals surface area contributed by atoms with Gasteiger partial charge in [0.05, 0.1) is 0 Å². The van der Waals surface area contributed by atoms with Crippen LogP contribution < -0.4 is 20.7 Å². The maximum absolute atomic E-state index is 12.6. The van der Waals surface area contributed by atoms with Crippen molar-refractivity contribution in [1.82, 2.24) is 5.32 Å². The highest BCUT2D eigenvalue weighted by molar-refractivity contribution is 5.95. The zero-order chi connectivity index (χ0) is 21.6. The second-order valence-electron chi connectivity index (χ2n) is 7.59. The van der Waals surface area contributed by atoms with Crippen LogP contribution in [0.1, 0.15) is 19.8 Å². The number of rotatable bonds is 7. The Bertz CT molecular complexity index is 1050. The zero-order valence-corrected chi connectivity index (χ0v) is 17.3. The van der Waals surface area contributed by atoms with Crippen molar-refractivity contribution in [1.29, 1.82) is 0 Å². The van der Waals surface area contributed by atoms with Crippen molar-refractivity contribution < 1.29 is 14.3 Å². The van der Waals surface area contributed by atoms with Gasteiger partial charge in [-0.05, 0) is 61.2 Å².